The van der Waals surface area contributed by atoms with Crippen LogP contribution in [0.4, 0.5) is 4.79 Å². The summed E-state index contributed by atoms with van der Waals surface area (Å²) in [4.78, 5) is 23.0. The quantitative estimate of drug-likeness (QED) is 0.816. The fourth-order valence-electron chi connectivity index (χ4n) is 2.21. The van der Waals surface area contributed by atoms with E-state index in [1.165, 1.54) is 7.11 Å². The number of ether oxygens (including phenoxy) is 2. The van der Waals surface area contributed by atoms with Gasteiger partial charge in [0.1, 0.15) is 11.4 Å². The first-order chi connectivity index (χ1) is 11.8. The zero-order valence-electron chi connectivity index (χ0n) is 15.4. The summed E-state index contributed by atoms with van der Waals surface area (Å²) in [5.74, 6) is 1.03. The van der Waals surface area contributed by atoms with Crippen LogP contribution in [0, 0.1) is 0 Å². The predicted molar refractivity (Wildman–Crippen MR) is 95.2 cm³/mol. The van der Waals surface area contributed by atoms with Crippen molar-refractivity contribution in [3.05, 3.63) is 17.8 Å². The van der Waals surface area contributed by atoms with Crippen LogP contribution < -0.4 is 4.74 Å². The molecule has 0 saturated heterocycles. The summed E-state index contributed by atoms with van der Waals surface area (Å²) >= 11 is 0. The van der Waals surface area contributed by atoms with Crippen LogP contribution in [0.3, 0.4) is 0 Å². The highest BCUT2D eigenvalue weighted by atomic mass is 16.6. The Bertz CT molecular complexity index is 649. The van der Waals surface area contributed by atoms with Gasteiger partial charge in [-0.15, -0.1) is 5.10 Å². The minimum Gasteiger partial charge on any atom is -0.480 e. The first-order valence-electron chi connectivity index (χ1n) is 8.23. The van der Waals surface area contributed by atoms with E-state index in [1.54, 1.807) is 17.0 Å². The number of nitrogens with zero attached hydrogens (tertiary/aromatic N) is 5. The summed E-state index contributed by atoms with van der Waals surface area (Å²) in [6, 6.07) is 3.13. The van der Waals surface area contributed by atoms with Crippen molar-refractivity contribution in [2.24, 2.45) is 9.98 Å². The van der Waals surface area contributed by atoms with Crippen molar-refractivity contribution in [3.8, 4) is 5.88 Å². The molecule has 0 radical (unpaired) electrons. The smallest absolute Gasteiger partial charge is 0.411 e. The zero-order valence-corrected chi connectivity index (χ0v) is 15.4. The van der Waals surface area contributed by atoms with Crippen LogP contribution in [0.25, 0.3) is 0 Å². The molecule has 2 rings (SSSR count). The first kappa shape index (κ1) is 18.8. The van der Waals surface area contributed by atoms with E-state index in [2.05, 4.69) is 20.2 Å². The third-order valence-electron chi connectivity index (χ3n) is 3.46. The molecule has 2 heterocycles. The molecular weight excluding hydrogens is 322 g/mol. The highest BCUT2D eigenvalue weighted by Crippen LogP contribution is 2.17. The molecule has 8 nitrogen and oxygen atoms in total. The Labute approximate surface area is 148 Å². The second-order valence-electron chi connectivity index (χ2n) is 6.69. The van der Waals surface area contributed by atoms with Gasteiger partial charge in [-0.3, -0.25) is 9.89 Å². The lowest BCUT2D eigenvalue weighted by Crippen LogP contribution is -2.45. The minimum atomic E-state index is -0.599. The van der Waals surface area contributed by atoms with Gasteiger partial charge < -0.3 is 9.47 Å². The molecule has 0 N–H and O–H groups in total. The van der Waals surface area contributed by atoms with Crippen LogP contribution >= 0.6 is 0 Å². The number of amidine groups is 1. The first-order valence-corrected chi connectivity index (χ1v) is 8.23. The highest BCUT2D eigenvalue weighted by Gasteiger charge is 2.29. The molecule has 0 saturated carbocycles. The van der Waals surface area contributed by atoms with Crippen LogP contribution in [0.5, 0.6) is 5.88 Å². The lowest BCUT2D eigenvalue weighted by molar-refractivity contribution is 0.0203. The van der Waals surface area contributed by atoms with Crippen molar-refractivity contribution in [3.63, 3.8) is 0 Å². The van der Waals surface area contributed by atoms with Gasteiger partial charge in [0.05, 0.1) is 25.4 Å². The topological polar surface area (TPSA) is 89.3 Å². The molecule has 1 amide bonds. The SMILES string of the molecule is COc1ccc(CN(C(=O)OC(C)(C)C)C(C)C2=NCCC=N2)nn1. The molecule has 1 aromatic rings. The molecule has 0 fully saturated rings. The summed E-state index contributed by atoms with van der Waals surface area (Å²) in [6.45, 7) is 8.28. The number of aliphatic imine (C=N–C) groups is 2. The molecule has 0 bridgehead atoms. The Morgan fingerprint density at radius 1 is 1.32 bits per heavy atom. The van der Waals surface area contributed by atoms with Crippen molar-refractivity contribution in [2.45, 2.75) is 52.3 Å². The normalized spacial score (nSPS) is 15.3. The third kappa shape index (κ3) is 5.51. The van der Waals surface area contributed by atoms with E-state index in [9.17, 15) is 4.79 Å². The maximum absolute atomic E-state index is 12.7. The van der Waals surface area contributed by atoms with Gasteiger partial charge in [-0.2, -0.15) is 5.10 Å². The number of methoxy groups -OCH3 is 1. The van der Waals surface area contributed by atoms with Gasteiger partial charge >= 0.3 is 6.09 Å². The molecule has 1 unspecified atom stereocenters. The predicted octanol–water partition coefficient (Wildman–Crippen LogP) is 2.48. The van der Waals surface area contributed by atoms with Gasteiger partial charge in [0, 0.05) is 25.2 Å². The van der Waals surface area contributed by atoms with Crippen molar-refractivity contribution < 1.29 is 14.3 Å². The highest BCUT2D eigenvalue weighted by molar-refractivity contribution is 5.96. The molecular formula is C17H25N5O3. The van der Waals surface area contributed by atoms with Gasteiger partial charge in [-0.1, -0.05) is 0 Å². The second kappa shape index (κ2) is 8.04. The Morgan fingerprint density at radius 3 is 2.60 bits per heavy atom. The largest absolute Gasteiger partial charge is 0.480 e. The third-order valence-corrected chi connectivity index (χ3v) is 3.46. The summed E-state index contributed by atoms with van der Waals surface area (Å²) in [6.07, 6.45) is 2.19. The number of carbonyl (C=O) groups excluding carboxylic acids is 1. The van der Waals surface area contributed by atoms with Crippen LogP contribution in [0.2, 0.25) is 0 Å². The molecule has 1 aliphatic rings. The lowest BCUT2D eigenvalue weighted by atomic mass is 10.2. The molecule has 0 spiro atoms. The molecule has 1 aromatic heterocycles. The monoisotopic (exact) mass is 347 g/mol. The second-order valence-corrected chi connectivity index (χ2v) is 6.69. The van der Waals surface area contributed by atoms with Crippen molar-refractivity contribution in [2.75, 3.05) is 13.7 Å². The van der Waals surface area contributed by atoms with E-state index in [4.69, 9.17) is 9.47 Å². The van der Waals surface area contributed by atoms with E-state index in [1.807, 2.05) is 33.9 Å². The average molecular weight is 347 g/mol. The molecule has 25 heavy (non-hydrogen) atoms. The molecule has 1 aliphatic heterocycles. The number of aromatic nitrogens is 2. The number of hydrogen-bond donors (Lipinski definition) is 0. The average Bonchev–Trinajstić information content (AvgIpc) is 2.59. The maximum Gasteiger partial charge on any atom is 0.411 e. The molecule has 0 aliphatic carbocycles. The van der Waals surface area contributed by atoms with Crippen molar-refractivity contribution in [1.29, 1.82) is 0 Å². The summed E-state index contributed by atoms with van der Waals surface area (Å²) in [5.41, 5.74) is 0.0251. The van der Waals surface area contributed by atoms with Crippen LogP contribution in [-0.4, -0.2) is 58.5 Å². The number of rotatable bonds is 5. The van der Waals surface area contributed by atoms with Crippen LogP contribution in [-0.2, 0) is 11.3 Å². The lowest BCUT2D eigenvalue weighted by Gasteiger charge is -2.31. The van der Waals surface area contributed by atoms with Crippen LogP contribution in [0.1, 0.15) is 39.8 Å². The van der Waals surface area contributed by atoms with Crippen molar-refractivity contribution >= 4 is 18.1 Å². The van der Waals surface area contributed by atoms with E-state index in [0.717, 1.165) is 6.42 Å². The minimum absolute atomic E-state index is 0.238. The number of carbonyl (C=O) groups is 1. The molecule has 1 atom stereocenters. The fraction of sp³-hybridized carbons (Fsp3) is 0.588. The Morgan fingerprint density at radius 2 is 2.08 bits per heavy atom. The standard InChI is InChI=1S/C17H25N5O3/c1-12(15-18-9-6-10-19-15)22(16(23)25-17(2,3)4)11-13-7-8-14(24-5)21-20-13/h7-9,12H,6,10-11H2,1-5H3. The summed E-state index contributed by atoms with van der Waals surface area (Å²) < 4.78 is 10.5. The maximum atomic E-state index is 12.7. The van der Waals surface area contributed by atoms with Gasteiger partial charge in [0.15, 0.2) is 0 Å². The Hall–Kier alpha value is -2.51. The van der Waals surface area contributed by atoms with Gasteiger partial charge in [-0.05, 0) is 33.8 Å². The van der Waals surface area contributed by atoms with E-state index in [-0.39, 0.29) is 12.6 Å². The Balaban J connectivity index is 2.22. The summed E-state index contributed by atoms with van der Waals surface area (Å²) in [7, 11) is 1.53. The van der Waals surface area contributed by atoms with E-state index < -0.39 is 11.7 Å². The van der Waals surface area contributed by atoms with E-state index in [0.29, 0.717) is 24.0 Å². The summed E-state index contributed by atoms with van der Waals surface area (Å²) in [5, 5.41) is 8.04. The zero-order chi connectivity index (χ0) is 18.4. The molecule has 136 valence electrons. The molecule has 8 heteroatoms. The Kier molecular flexibility index (Phi) is 6.06. The van der Waals surface area contributed by atoms with Crippen LogP contribution in [0.15, 0.2) is 22.1 Å². The van der Waals surface area contributed by atoms with Crippen molar-refractivity contribution in [1.82, 2.24) is 15.1 Å². The molecule has 0 aromatic carbocycles. The van der Waals surface area contributed by atoms with E-state index >= 15 is 0 Å². The fourth-order valence-corrected chi connectivity index (χ4v) is 2.21. The number of hydrogen-bond acceptors (Lipinski definition) is 7. The van der Waals surface area contributed by atoms with Gasteiger partial charge in [0.2, 0.25) is 5.88 Å². The van der Waals surface area contributed by atoms with Gasteiger partial charge in [0.25, 0.3) is 0 Å². The number of amides is 1. The van der Waals surface area contributed by atoms with Gasteiger partial charge in [-0.25, -0.2) is 9.79 Å².